The molecular formula is C23H24N2O3S. The molecule has 29 heavy (non-hydrogen) atoms. The summed E-state index contributed by atoms with van der Waals surface area (Å²) >= 11 is 0. The molecule has 6 heteroatoms. The zero-order valence-electron chi connectivity index (χ0n) is 16.5. The molecule has 1 aromatic heterocycles. The van der Waals surface area contributed by atoms with E-state index in [1.165, 1.54) is 10.5 Å². The van der Waals surface area contributed by atoms with Gasteiger partial charge in [0.05, 0.1) is 0 Å². The van der Waals surface area contributed by atoms with Crippen LogP contribution in [0.2, 0.25) is 0 Å². The molecule has 5 nitrogen and oxygen atoms in total. The Hall–Kier alpha value is -2.83. The van der Waals surface area contributed by atoms with Crippen LogP contribution in [0.4, 0.5) is 0 Å². The lowest BCUT2D eigenvalue weighted by molar-refractivity contribution is -0.111. The fourth-order valence-corrected chi connectivity index (χ4v) is 4.35. The first-order valence-electron chi connectivity index (χ1n) is 9.33. The van der Waals surface area contributed by atoms with Gasteiger partial charge in [-0.3, -0.25) is 4.98 Å². The van der Waals surface area contributed by atoms with E-state index in [1.54, 1.807) is 18.3 Å². The van der Waals surface area contributed by atoms with Gasteiger partial charge in [0, 0.05) is 30.9 Å². The molecule has 1 heterocycles. The summed E-state index contributed by atoms with van der Waals surface area (Å²) < 4.78 is 28.0. The smallest absolute Gasteiger partial charge is 0.245 e. The summed E-state index contributed by atoms with van der Waals surface area (Å²) in [7, 11) is -3.73. The highest BCUT2D eigenvalue weighted by molar-refractivity contribution is 7.89. The van der Waals surface area contributed by atoms with Crippen molar-refractivity contribution < 1.29 is 13.2 Å². The number of nitrogens with zero attached hydrogens (tertiary/aromatic N) is 2. The first kappa shape index (κ1) is 20.9. The van der Waals surface area contributed by atoms with Gasteiger partial charge in [-0.15, -0.1) is 0 Å². The topological polar surface area (TPSA) is 67.3 Å². The summed E-state index contributed by atoms with van der Waals surface area (Å²) in [5.74, 6) is 0. The fraction of sp³-hybridized carbons (Fsp3) is 0.217. The van der Waals surface area contributed by atoms with E-state index in [1.807, 2.05) is 68.4 Å². The molecule has 0 amide bonds. The molecule has 2 aromatic carbocycles. The number of carbonyl (C=O) groups is 1. The van der Waals surface area contributed by atoms with Crippen molar-refractivity contribution in [3.8, 4) is 0 Å². The van der Waals surface area contributed by atoms with Crippen LogP contribution in [-0.2, 0) is 33.3 Å². The molecule has 0 radical (unpaired) electrons. The summed E-state index contributed by atoms with van der Waals surface area (Å²) in [6.45, 7) is 4.17. The van der Waals surface area contributed by atoms with Gasteiger partial charge in [0.25, 0.3) is 0 Å². The van der Waals surface area contributed by atoms with Crippen LogP contribution in [-0.4, -0.2) is 24.0 Å². The molecule has 0 unspecified atom stereocenters. The number of hydrogen-bond acceptors (Lipinski definition) is 4. The highest BCUT2D eigenvalue weighted by Crippen LogP contribution is 2.24. The van der Waals surface area contributed by atoms with Gasteiger partial charge in [-0.1, -0.05) is 54.6 Å². The number of pyridine rings is 1. The minimum Gasteiger partial charge on any atom is -0.302 e. The van der Waals surface area contributed by atoms with Gasteiger partial charge in [-0.05, 0) is 42.7 Å². The van der Waals surface area contributed by atoms with E-state index in [-0.39, 0.29) is 18.0 Å². The average molecular weight is 409 g/mol. The van der Waals surface area contributed by atoms with Crippen molar-refractivity contribution in [3.05, 3.63) is 95.8 Å². The second-order valence-electron chi connectivity index (χ2n) is 7.48. The van der Waals surface area contributed by atoms with E-state index in [4.69, 9.17) is 0 Å². The minimum atomic E-state index is -3.73. The quantitative estimate of drug-likeness (QED) is 0.529. The molecule has 0 spiro atoms. The second-order valence-corrected chi connectivity index (χ2v) is 9.42. The van der Waals surface area contributed by atoms with Crippen LogP contribution in [0, 0.1) is 0 Å². The van der Waals surface area contributed by atoms with E-state index in [9.17, 15) is 13.2 Å². The molecule has 0 bridgehead atoms. The summed E-state index contributed by atoms with van der Waals surface area (Å²) in [6, 6.07) is 20.2. The number of sulfonamides is 1. The highest BCUT2D eigenvalue weighted by Gasteiger charge is 2.25. The molecule has 0 saturated heterocycles. The SMILES string of the molecule is CC(C)(C=O)c1ccc(CN(Cc2ccccc2)S(=O)(=O)c2cccnc2)cc1. The van der Waals surface area contributed by atoms with Crippen molar-refractivity contribution in [3.63, 3.8) is 0 Å². The Labute approximate surface area is 172 Å². The number of hydrogen-bond donors (Lipinski definition) is 0. The average Bonchev–Trinajstić information content (AvgIpc) is 2.75. The molecular weight excluding hydrogens is 384 g/mol. The van der Waals surface area contributed by atoms with Gasteiger partial charge in [-0.2, -0.15) is 4.31 Å². The summed E-state index contributed by atoms with van der Waals surface area (Å²) in [6.07, 6.45) is 3.83. The molecule has 0 aliphatic carbocycles. The van der Waals surface area contributed by atoms with Gasteiger partial charge in [0.15, 0.2) is 0 Å². The van der Waals surface area contributed by atoms with Crippen LogP contribution in [0.1, 0.15) is 30.5 Å². The molecule has 0 atom stereocenters. The van der Waals surface area contributed by atoms with Crippen LogP contribution in [0.15, 0.2) is 84.0 Å². The Bertz CT molecular complexity index is 1050. The molecule has 0 fully saturated rings. The zero-order valence-corrected chi connectivity index (χ0v) is 17.3. The molecule has 3 aromatic rings. The minimum absolute atomic E-state index is 0.162. The number of benzene rings is 2. The number of carbonyl (C=O) groups excluding carboxylic acids is 1. The number of aldehydes is 1. The molecule has 0 saturated carbocycles. The highest BCUT2D eigenvalue weighted by atomic mass is 32.2. The Balaban J connectivity index is 1.92. The van der Waals surface area contributed by atoms with E-state index < -0.39 is 15.4 Å². The first-order chi connectivity index (χ1) is 13.8. The normalized spacial score (nSPS) is 12.1. The third kappa shape index (κ3) is 4.96. The van der Waals surface area contributed by atoms with E-state index in [0.29, 0.717) is 0 Å². The van der Waals surface area contributed by atoms with Gasteiger partial charge in [0.1, 0.15) is 11.2 Å². The van der Waals surface area contributed by atoms with Crippen LogP contribution in [0.25, 0.3) is 0 Å². The Morgan fingerprint density at radius 3 is 2.07 bits per heavy atom. The predicted molar refractivity (Wildman–Crippen MR) is 113 cm³/mol. The zero-order chi connectivity index (χ0) is 20.9. The third-order valence-electron chi connectivity index (χ3n) is 4.83. The Kier molecular flexibility index (Phi) is 6.25. The van der Waals surface area contributed by atoms with Crippen molar-refractivity contribution in [1.82, 2.24) is 9.29 Å². The van der Waals surface area contributed by atoms with Gasteiger partial charge < -0.3 is 4.79 Å². The molecule has 3 rings (SSSR count). The van der Waals surface area contributed by atoms with E-state index in [0.717, 1.165) is 23.0 Å². The number of aromatic nitrogens is 1. The maximum atomic E-state index is 13.3. The maximum absolute atomic E-state index is 13.3. The Morgan fingerprint density at radius 1 is 0.897 bits per heavy atom. The Morgan fingerprint density at radius 2 is 1.52 bits per heavy atom. The van der Waals surface area contributed by atoms with E-state index in [2.05, 4.69) is 4.98 Å². The second kappa shape index (κ2) is 8.68. The lowest BCUT2D eigenvalue weighted by Crippen LogP contribution is -2.30. The van der Waals surface area contributed by atoms with Crippen molar-refractivity contribution >= 4 is 16.3 Å². The van der Waals surface area contributed by atoms with Crippen molar-refractivity contribution in [2.75, 3.05) is 0 Å². The third-order valence-corrected chi connectivity index (χ3v) is 6.60. The van der Waals surface area contributed by atoms with Crippen LogP contribution in [0.3, 0.4) is 0 Å². The summed E-state index contributed by atoms with van der Waals surface area (Å²) in [5, 5.41) is 0. The lowest BCUT2D eigenvalue weighted by atomic mass is 9.86. The predicted octanol–water partition coefficient (Wildman–Crippen LogP) is 3.95. The standard InChI is InChI=1S/C23H24N2O3S/c1-23(2,18-26)21-12-10-20(11-13-21)17-25(16-19-7-4-3-5-8-19)29(27,28)22-9-6-14-24-15-22/h3-15,18H,16-17H2,1-2H3. The van der Waals surface area contributed by atoms with Crippen LogP contribution < -0.4 is 0 Å². The molecule has 0 aliphatic rings. The van der Waals surface area contributed by atoms with Gasteiger partial charge >= 0.3 is 0 Å². The maximum Gasteiger partial charge on any atom is 0.245 e. The monoisotopic (exact) mass is 408 g/mol. The van der Waals surface area contributed by atoms with Gasteiger partial charge in [-0.25, -0.2) is 8.42 Å². The fourth-order valence-electron chi connectivity index (χ4n) is 2.97. The van der Waals surface area contributed by atoms with Crippen molar-refractivity contribution in [1.29, 1.82) is 0 Å². The summed E-state index contributed by atoms with van der Waals surface area (Å²) in [5.41, 5.74) is 2.06. The molecule has 150 valence electrons. The van der Waals surface area contributed by atoms with Crippen molar-refractivity contribution in [2.45, 2.75) is 37.2 Å². The number of rotatable bonds is 8. The van der Waals surface area contributed by atoms with Crippen LogP contribution >= 0.6 is 0 Å². The van der Waals surface area contributed by atoms with Crippen LogP contribution in [0.5, 0.6) is 0 Å². The van der Waals surface area contributed by atoms with E-state index >= 15 is 0 Å². The lowest BCUT2D eigenvalue weighted by Gasteiger charge is -2.23. The summed E-state index contributed by atoms with van der Waals surface area (Å²) in [4.78, 5) is 15.4. The van der Waals surface area contributed by atoms with Crippen molar-refractivity contribution in [2.24, 2.45) is 0 Å². The largest absolute Gasteiger partial charge is 0.302 e. The van der Waals surface area contributed by atoms with Gasteiger partial charge in [0.2, 0.25) is 10.0 Å². The molecule has 0 N–H and O–H groups in total. The molecule has 0 aliphatic heterocycles. The first-order valence-corrected chi connectivity index (χ1v) is 10.8.